The van der Waals surface area contributed by atoms with Crippen LogP contribution >= 0.6 is 0 Å². The van der Waals surface area contributed by atoms with Gasteiger partial charge in [0.2, 0.25) is 0 Å². The van der Waals surface area contributed by atoms with Crippen molar-refractivity contribution >= 4 is 10.9 Å². The summed E-state index contributed by atoms with van der Waals surface area (Å²) in [5, 5.41) is 1.34. The number of H-pyrrole nitrogens is 1. The van der Waals surface area contributed by atoms with Crippen LogP contribution in [0.5, 0.6) is 0 Å². The predicted molar refractivity (Wildman–Crippen MR) is 124 cm³/mol. The molecule has 0 aliphatic carbocycles. The average Bonchev–Trinajstić information content (AvgIpc) is 3.12. The van der Waals surface area contributed by atoms with Crippen LogP contribution < -0.4 is 0 Å². The highest BCUT2D eigenvalue weighted by Crippen LogP contribution is 2.38. The Balaban J connectivity index is 1.43. The van der Waals surface area contributed by atoms with Gasteiger partial charge in [0.15, 0.2) is 0 Å². The molecule has 0 spiro atoms. The van der Waals surface area contributed by atoms with Gasteiger partial charge in [0.05, 0.1) is 6.04 Å². The van der Waals surface area contributed by atoms with Gasteiger partial charge in [0.25, 0.3) is 0 Å². The second kappa shape index (κ2) is 8.45. The SMILES string of the molecule is Cc1[nH]c2ccccc2c1[C@@H](c1ccncc1)N1CCC(Cc2ccccc2)CC1. The Labute approximate surface area is 178 Å². The van der Waals surface area contributed by atoms with E-state index in [9.17, 15) is 0 Å². The van der Waals surface area contributed by atoms with Crippen LogP contribution in [-0.2, 0) is 6.42 Å². The third kappa shape index (κ3) is 3.78. The van der Waals surface area contributed by atoms with E-state index in [0.29, 0.717) is 0 Å². The van der Waals surface area contributed by atoms with Gasteiger partial charge in [-0.05, 0) is 74.5 Å². The van der Waals surface area contributed by atoms with Crippen molar-refractivity contribution in [3.8, 4) is 0 Å². The molecular formula is C27H29N3. The first-order valence-corrected chi connectivity index (χ1v) is 11.0. The monoisotopic (exact) mass is 395 g/mol. The van der Waals surface area contributed by atoms with Crippen LogP contribution in [0.2, 0.25) is 0 Å². The van der Waals surface area contributed by atoms with Gasteiger partial charge >= 0.3 is 0 Å². The molecular weight excluding hydrogens is 366 g/mol. The first-order chi connectivity index (χ1) is 14.8. The molecule has 0 saturated carbocycles. The Morgan fingerprint density at radius 3 is 2.40 bits per heavy atom. The van der Waals surface area contributed by atoms with Crippen LogP contribution in [0.1, 0.15) is 41.3 Å². The normalized spacial score (nSPS) is 16.7. The molecule has 3 nitrogen and oxygen atoms in total. The Bertz CT molecular complexity index is 1090. The van der Waals surface area contributed by atoms with Crippen LogP contribution in [0.15, 0.2) is 79.1 Å². The molecule has 2 aromatic carbocycles. The highest BCUT2D eigenvalue weighted by Gasteiger charge is 2.30. The van der Waals surface area contributed by atoms with Crippen LogP contribution in [0.25, 0.3) is 10.9 Å². The summed E-state index contributed by atoms with van der Waals surface area (Å²) in [5.41, 5.74) is 6.71. The number of benzene rings is 2. The highest BCUT2D eigenvalue weighted by molar-refractivity contribution is 5.85. The maximum Gasteiger partial charge on any atom is 0.0626 e. The first kappa shape index (κ1) is 19.1. The maximum absolute atomic E-state index is 4.27. The number of aromatic nitrogens is 2. The molecule has 0 radical (unpaired) electrons. The summed E-state index contributed by atoms with van der Waals surface area (Å²) in [4.78, 5) is 10.6. The van der Waals surface area contributed by atoms with Gasteiger partial charge in [0, 0.05) is 34.6 Å². The smallest absolute Gasteiger partial charge is 0.0626 e. The summed E-state index contributed by atoms with van der Waals surface area (Å²) >= 11 is 0. The molecule has 152 valence electrons. The number of para-hydroxylation sites is 1. The van der Waals surface area contributed by atoms with Crippen molar-refractivity contribution in [1.82, 2.24) is 14.9 Å². The van der Waals surface area contributed by atoms with Crippen molar-refractivity contribution in [3.05, 3.63) is 102 Å². The number of nitrogens with one attached hydrogen (secondary N) is 1. The summed E-state index contributed by atoms with van der Waals surface area (Å²) in [6, 6.07) is 24.3. The van der Waals surface area contributed by atoms with Crippen LogP contribution in [0, 0.1) is 12.8 Å². The molecule has 0 unspecified atom stereocenters. The Kier molecular flexibility index (Phi) is 5.37. The largest absolute Gasteiger partial charge is 0.358 e. The number of pyridine rings is 1. The number of hydrogen-bond acceptors (Lipinski definition) is 2. The van der Waals surface area contributed by atoms with Gasteiger partial charge < -0.3 is 4.98 Å². The van der Waals surface area contributed by atoms with Gasteiger partial charge in [-0.15, -0.1) is 0 Å². The third-order valence-corrected chi connectivity index (χ3v) is 6.62. The molecule has 3 heteroatoms. The first-order valence-electron chi connectivity index (χ1n) is 11.0. The molecule has 5 rings (SSSR count). The summed E-state index contributed by atoms with van der Waals surface area (Å²) in [6.45, 7) is 4.47. The van der Waals surface area contributed by atoms with E-state index in [2.05, 4.69) is 88.5 Å². The zero-order valence-electron chi connectivity index (χ0n) is 17.6. The predicted octanol–water partition coefficient (Wildman–Crippen LogP) is 5.92. The summed E-state index contributed by atoms with van der Waals surface area (Å²) in [6.07, 6.45) is 7.54. The molecule has 30 heavy (non-hydrogen) atoms. The zero-order chi connectivity index (χ0) is 20.3. The van der Waals surface area contributed by atoms with E-state index in [-0.39, 0.29) is 6.04 Å². The van der Waals surface area contributed by atoms with Crippen LogP contribution in [0.3, 0.4) is 0 Å². The van der Waals surface area contributed by atoms with Crippen molar-refractivity contribution in [2.24, 2.45) is 5.92 Å². The molecule has 0 amide bonds. The van der Waals surface area contributed by atoms with Crippen molar-refractivity contribution in [2.75, 3.05) is 13.1 Å². The molecule has 1 fully saturated rings. The fraction of sp³-hybridized carbons (Fsp3) is 0.296. The van der Waals surface area contributed by atoms with Gasteiger partial charge in [-0.2, -0.15) is 0 Å². The Morgan fingerprint density at radius 1 is 0.933 bits per heavy atom. The lowest BCUT2D eigenvalue weighted by Gasteiger charge is -2.38. The highest BCUT2D eigenvalue weighted by atomic mass is 15.2. The van der Waals surface area contributed by atoms with Crippen molar-refractivity contribution in [2.45, 2.75) is 32.2 Å². The van der Waals surface area contributed by atoms with Crippen LogP contribution in [-0.4, -0.2) is 28.0 Å². The van der Waals surface area contributed by atoms with Crippen molar-refractivity contribution in [1.29, 1.82) is 0 Å². The van der Waals surface area contributed by atoms with E-state index < -0.39 is 0 Å². The van der Waals surface area contributed by atoms with Crippen molar-refractivity contribution in [3.63, 3.8) is 0 Å². The summed E-state index contributed by atoms with van der Waals surface area (Å²) < 4.78 is 0. The number of nitrogens with zero attached hydrogens (tertiary/aromatic N) is 2. The van der Waals surface area contributed by atoms with Gasteiger partial charge in [0.1, 0.15) is 0 Å². The molecule has 4 aromatic rings. The lowest BCUT2D eigenvalue weighted by atomic mass is 9.87. The third-order valence-electron chi connectivity index (χ3n) is 6.62. The number of likely N-dealkylation sites (tertiary alicyclic amines) is 1. The molecule has 1 N–H and O–H groups in total. The molecule has 1 saturated heterocycles. The summed E-state index contributed by atoms with van der Waals surface area (Å²) in [7, 11) is 0. The maximum atomic E-state index is 4.27. The van der Waals surface area contributed by atoms with E-state index in [1.165, 1.54) is 52.5 Å². The minimum absolute atomic E-state index is 0.266. The number of fused-ring (bicyclic) bond motifs is 1. The fourth-order valence-corrected chi connectivity index (χ4v) is 5.12. The average molecular weight is 396 g/mol. The van der Waals surface area contributed by atoms with Gasteiger partial charge in [-0.25, -0.2) is 0 Å². The van der Waals surface area contributed by atoms with Gasteiger partial charge in [-0.3, -0.25) is 9.88 Å². The second-order valence-corrected chi connectivity index (χ2v) is 8.56. The number of aryl methyl sites for hydroxylation is 1. The number of rotatable bonds is 5. The van der Waals surface area contributed by atoms with E-state index in [4.69, 9.17) is 0 Å². The second-order valence-electron chi connectivity index (χ2n) is 8.56. The minimum Gasteiger partial charge on any atom is -0.358 e. The zero-order valence-corrected chi connectivity index (χ0v) is 17.6. The minimum atomic E-state index is 0.266. The van der Waals surface area contributed by atoms with E-state index in [0.717, 1.165) is 19.0 Å². The molecule has 2 aromatic heterocycles. The number of piperidine rings is 1. The lowest BCUT2D eigenvalue weighted by Crippen LogP contribution is -2.38. The fourth-order valence-electron chi connectivity index (χ4n) is 5.12. The molecule has 1 aliphatic rings. The standard InChI is InChI=1S/C27H29N3/c1-20-26(24-9-5-6-10-25(24)29-20)27(23-11-15-28-16-12-23)30-17-13-22(14-18-30)19-21-7-3-2-4-8-21/h2-12,15-16,22,27,29H,13-14,17-19H2,1H3/t27-/m1/s1. The van der Waals surface area contributed by atoms with E-state index in [1.807, 2.05) is 12.4 Å². The van der Waals surface area contributed by atoms with Crippen LogP contribution in [0.4, 0.5) is 0 Å². The molecule has 1 aliphatic heterocycles. The lowest BCUT2D eigenvalue weighted by molar-refractivity contribution is 0.151. The number of aromatic amines is 1. The van der Waals surface area contributed by atoms with E-state index in [1.54, 1.807) is 0 Å². The Morgan fingerprint density at radius 2 is 1.63 bits per heavy atom. The molecule has 0 bridgehead atoms. The number of hydrogen-bond donors (Lipinski definition) is 1. The van der Waals surface area contributed by atoms with E-state index >= 15 is 0 Å². The molecule has 3 heterocycles. The van der Waals surface area contributed by atoms with Gasteiger partial charge in [-0.1, -0.05) is 48.5 Å². The summed E-state index contributed by atoms with van der Waals surface area (Å²) in [5.74, 6) is 0.769. The molecule has 1 atom stereocenters. The quantitative estimate of drug-likeness (QED) is 0.455. The van der Waals surface area contributed by atoms with Crippen molar-refractivity contribution < 1.29 is 0 Å². The Hall–Kier alpha value is -2.91. The topological polar surface area (TPSA) is 31.9 Å².